The van der Waals surface area contributed by atoms with Gasteiger partial charge in [0.25, 0.3) is 0 Å². The van der Waals surface area contributed by atoms with E-state index in [-0.39, 0.29) is 0 Å². The molecule has 0 amide bonds. The van der Waals surface area contributed by atoms with Crippen LogP contribution >= 0.6 is 11.3 Å². The Bertz CT molecular complexity index is 293. The van der Waals surface area contributed by atoms with E-state index in [1.807, 2.05) is 11.3 Å². The molecule has 1 aromatic rings. The maximum atomic E-state index is 3.47. The van der Waals surface area contributed by atoms with Gasteiger partial charge in [-0.15, -0.1) is 11.3 Å². The van der Waals surface area contributed by atoms with Gasteiger partial charge in [-0.3, -0.25) is 0 Å². The van der Waals surface area contributed by atoms with Crippen LogP contribution in [-0.2, 0) is 0 Å². The summed E-state index contributed by atoms with van der Waals surface area (Å²) in [5.74, 6) is 0.887. The van der Waals surface area contributed by atoms with Gasteiger partial charge in [-0.05, 0) is 51.3 Å². The number of hydrogen-bond acceptors (Lipinski definition) is 2. The molecule has 0 aliphatic heterocycles. The summed E-state index contributed by atoms with van der Waals surface area (Å²) in [5.41, 5.74) is 1.45. The zero-order chi connectivity index (χ0) is 10.1. The zero-order valence-corrected chi connectivity index (χ0v) is 10.1. The summed E-state index contributed by atoms with van der Waals surface area (Å²) in [7, 11) is 2.09. The topological polar surface area (TPSA) is 12.0 Å². The summed E-state index contributed by atoms with van der Waals surface area (Å²) in [5, 5.41) is 3.47. The Morgan fingerprint density at radius 2 is 2.14 bits per heavy atom. The maximum absolute atomic E-state index is 3.47. The summed E-state index contributed by atoms with van der Waals surface area (Å²) < 4.78 is 0. The van der Waals surface area contributed by atoms with Crippen molar-refractivity contribution in [2.45, 2.75) is 39.2 Å². The second-order valence-electron chi connectivity index (χ2n) is 4.35. The van der Waals surface area contributed by atoms with Crippen LogP contribution in [0, 0.1) is 19.8 Å². The Kier molecular flexibility index (Phi) is 2.93. The summed E-state index contributed by atoms with van der Waals surface area (Å²) in [6.45, 7) is 4.43. The van der Waals surface area contributed by atoms with Crippen LogP contribution in [0.5, 0.6) is 0 Å². The SMILES string of the molecule is CNC(c1cc(C)c(C)s1)C1CCC1. The van der Waals surface area contributed by atoms with E-state index in [4.69, 9.17) is 0 Å². The Hall–Kier alpha value is -0.340. The summed E-state index contributed by atoms with van der Waals surface area (Å²) >= 11 is 1.96. The molecular formula is C12H19NS. The molecule has 1 saturated carbocycles. The molecule has 14 heavy (non-hydrogen) atoms. The molecular weight excluding hydrogens is 190 g/mol. The van der Waals surface area contributed by atoms with E-state index in [0.717, 1.165) is 5.92 Å². The van der Waals surface area contributed by atoms with Gasteiger partial charge in [0.1, 0.15) is 0 Å². The molecule has 0 saturated heterocycles. The van der Waals surface area contributed by atoms with Crippen LogP contribution < -0.4 is 5.32 Å². The quantitative estimate of drug-likeness (QED) is 0.804. The van der Waals surface area contributed by atoms with Crippen molar-refractivity contribution in [3.63, 3.8) is 0 Å². The fraction of sp³-hybridized carbons (Fsp3) is 0.667. The summed E-state index contributed by atoms with van der Waals surface area (Å²) in [6, 6.07) is 2.97. The highest BCUT2D eigenvalue weighted by Gasteiger charge is 2.28. The molecule has 78 valence electrons. The average Bonchev–Trinajstić information content (AvgIpc) is 2.39. The highest BCUT2D eigenvalue weighted by molar-refractivity contribution is 7.12. The second kappa shape index (κ2) is 4.03. The lowest BCUT2D eigenvalue weighted by Crippen LogP contribution is -2.29. The fourth-order valence-electron chi connectivity index (χ4n) is 2.14. The number of hydrogen-bond donors (Lipinski definition) is 1. The second-order valence-corrected chi connectivity index (χ2v) is 5.63. The van der Waals surface area contributed by atoms with Gasteiger partial charge >= 0.3 is 0 Å². The lowest BCUT2D eigenvalue weighted by Gasteiger charge is -2.33. The van der Waals surface area contributed by atoms with Crippen LogP contribution in [-0.4, -0.2) is 7.05 Å². The summed E-state index contributed by atoms with van der Waals surface area (Å²) in [4.78, 5) is 3.01. The van der Waals surface area contributed by atoms with Crippen molar-refractivity contribution in [3.05, 3.63) is 21.4 Å². The van der Waals surface area contributed by atoms with Crippen molar-refractivity contribution < 1.29 is 0 Å². The molecule has 1 aliphatic rings. The number of aryl methyl sites for hydroxylation is 2. The van der Waals surface area contributed by atoms with Gasteiger partial charge in [-0.1, -0.05) is 6.42 Å². The first-order chi connectivity index (χ1) is 6.72. The minimum Gasteiger partial charge on any atom is -0.312 e. The van der Waals surface area contributed by atoms with Crippen LogP contribution in [0.15, 0.2) is 6.07 Å². The van der Waals surface area contributed by atoms with E-state index in [1.54, 1.807) is 0 Å². The van der Waals surface area contributed by atoms with Gasteiger partial charge < -0.3 is 5.32 Å². The molecule has 0 bridgehead atoms. The van der Waals surface area contributed by atoms with Crippen molar-refractivity contribution >= 4 is 11.3 Å². The van der Waals surface area contributed by atoms with Crippen molar-refractivity contribution in [2.75, 3.05) is 7.05 Å². The zero-order valence-electron chi connectivity index (χ0n) is 9.26. The predicted octanol–water partition coefficient (Wildman–Crippen LogP) is 3.43. The van der Waals surface area contributed by atoms with Gasteiger partial charge in [-0.25, -0.2) is 0 Å². The van der Waals surface area contributed by atoms with Gasteiger partial charge in [-0.2, -0.15) is 0 Å². The van der Waals surface area contributed by atoms with Crippen LogP contribution in [0.25, 0.3) is 0 Å². The van der Waals surface area contributed by atoms with E-state index in [0.29, 0.717) is 6.04 Å². The van der Waals surface area contributed by atoms with Crippen molar-refractivity contribution in [1.29, 1.82) is 0 Å². The smallest absolute Gasteiger partial charge is 0.0441 e. The lowest BCUT2D eigenvalue weighted by molar-refractivity contribution is 0.242. The molecule has 1 aromatic heterocycles. The highest BCUT2D eigenvalue weighted by atomic mass is 32.1. The third-order valence-electron chi connectivity index (χ3n) is 3.42. The molecule has 2 heteroatoms. The molecule has 2 rings (SSSR count). The van der Waals surface area contributed by atoms with Crippen LogP contribution in [0.1, 0.15) is 40.6 Å². The molecule has 1 aliphatic carbocycles. The Balaban J connectivity index is 2.17. The Morgan fingerprint density at radius 1 is 1.43 bits per heavy atom. The van der Waals surface area contributed by atoms with E-state index in [9.17, 15) is 0 Å². The van der Waals surface area contributed by atoms with E-state index < -0.39 is 0 Å². The first kappa shape index (κ1) is 10.2. The Morgan fingerprint density at radius 3 is 2.50 bits per heavy atom. The van der Waals surface area contributed by atoms with E-state index in [2.05, 4.69) is 32.3 Å². The van der Waals surface area contributed by atoms with Crippen LogP contribution in [0.2, 0.25) is 0 Å². The van der Waals surface area contributed by atoms with Gasteiger partial charge in [0.05, 0.1) is 0 Å². The summed E-state index contributed by atoms with van der Waals surface area (Å²) in [6.07, 6.45) is 4.23. The van der Waals surface area contributed by atoms with Crippen molar-refractivity contribution in [1.82, 2.24) is 5.32 Å². The van der Waals surface area contributed by atoms with Crippen LogP contribution in [0.4, 0.5) is 0 Å². The van der Waals surface area contributed by atoms with Crippen molar-refractivity contribution in [3.8, 4) is 0 Å². The third-order valence-corrected chi connectivity index (χ3v) is 4.66. The minimum atomic E-state index is 0.612. The standard InChI is InChI=1S/C12H19NS/c1-8-7-11(14-9(8)2)12(13-3)10-5-4-6-10/h7,10,12-13H,4-6H2,1-3H3. The largest absolute Gasteiger partial charge is 0.312 e. The Labute approximate surface area is 90.5 Å². The minimum absolute atomic E-state index is 0.612. The molecule has 1 unspecified atom stereocenters. The molecule has 1 fully saturated rings. The molecule has 0 radical (unpaired) electrons. The number of nitrogens with one attached hydrogen (secondary N) is 1. The fourth-order valence-corrected chi connectivity index (χ4v) is 3.38. The molecule has 0 spiro atoms. The first-order valence-electron chi connectivity index (χ1n) is 5.46. The average molecular weight is 209 g/mol. The van der Waals surface area contributed by atoms with Crippen LogP contribution in [0.3, 0.4) is 0 Å². The molecule has 1 heterocycles. The first-order valence-corrected chi connectivity index (χ1v) is 6.28. The normalized spacial score (nSPS) is 19.4. The lowest BCUT2D eigenvalue weighted by atomic mass is 9.79. The maximum Gasteiger partial charge on any atom is 0.0441 e. The van der Waals surface area contributed by atoms with Crippen molar-refractivity contribution in [2.24, 2.45) is 5.92 Å². The molecule has 1 atom stereocenters. The molecule has 1 N–H and O–H groups in total. The third kappa shape index (κ3) is 1.73. The van der Waals surface area contributed by atoms with Gasteiger partial charge in [0.15, 0.2) is 0 Å². The van der Waals surface area contributed by atoms with Gasteiger partial charge in [0.2, 0.25) is 0 Å². The number of rotatable bonds is 3. The van der Waals surface area contributed by atoms with E-state index >= 15 is 0 Å². The predicted molar refractivity (Wildman–Crippen MR) is 62.9 cm³/mol. The van der Waals surface area contributed by atoms with Gasteiger partial charge in [0, 0.05) is 15.8 Å². The monoisotopic (exact) mass is 209 g/mol. The molecule has 0 aromatic carbocycles. The number of thiophene rings is 1. The van der Waals surface area contributed by atoms with E-state index in [1.165, 1.54) is 34.6 Å². The molecule has 1 nitrogen and oxygen atoms in total. The highest BCUT2D eigenvalue weighted by Crippen LogP contribution is 2.40.